The smallest absolute Gasteiger partial charge is 0.225 e. The highest BCUT2D eigenvalue weighted by molar-refractivity contribution is 7.99. The van der Waals surface area contributed by atoms with E-state index >= 15 is 0 Å². The van der Waals surface area contributed by atoms with E-state index in [1.165, 1.54) is 35.4 Å². The third-order valence-electron chi connectivity index (χ3n) is 3.81. The number of hydrogen-bond acceptors (Lipinski definition) is 2. The zero-order chi connectivity index (χ0) is 15.4. The first-order chi connectivity index (χ1) is 10.7. The molecule has 0 bridgehead atoms. The van der Waals surface area contributed by atoms with Gasteiger partial charge >= 0.3 is 0 Å². The number of thioether (sulfide) groups is 1. The van der Waals surface area contributed by atoms with E-state index in [9.17, 15) is 9.18 Å². The van der Waals surface area contributed by atoms with Crippen molar-refractivity contribution in [2.24, 2.45) is 0 Å². The fourth-order valence-corrected chi connectivity index (χ4v) is 3.58. The lowest BCUT2D eigenvalue weighted by Gasteiger charge is -2.07. The van der Waals surface area contributed by atoms with Gasteiger partial charge in [-0.25, -0.2) is 4.39 Å². The standard InChI is InChI=1S/C18H18FNOS/c19-16-6-1-2-7-17(16)22-11-10-18(21)20-15-9-8-13-4-3-5-14(13)12-15/h1-2,6-9,12H,3-5,10-11H2,(H,20,21). The lowest BCUT2D eigenvalue weighted by atomic mass is 10.1. The molecular formula is C18H18FNOS. The van der Waals surface area contributed by atoms with Crippen molar-refractivity contribution in [1.29, 1.82) is 0 Å². The van der Waals surface area contributed by atoms with E-state index < -0.39 is 0 Å². The Morgan fingerprint density at radius 3 is 2.82 bits per heavy atom. The van der Waals surface area contributed by atoms with Gasteiger partial charge in [-0.2, -0.15) is 0 Å². The molecule has 2 aromatic carbocycles. The van der Waals surface area contributed by atoms with Gasteiger partial charge in [-0.05, 0) is 54.7 Å². The minimum absolute atomic E-state index is 0.0261. The first kappa shape index (κ1) is 15.1. The number of carbonyl (C=O) groups is 1. The number of rotatable bonds is 5. The molecule has 1 amide bonds. The molecule has 0 unspecified atom stereocenters. The van der Waals surface area contributed by atoms with Crippen LogP contribution < -0.4 is 5.32 Å². The van der Waals surface area contributed by atoms with E-state index in [1.54, 1.807) is 18.2 Å². The Kier molecular flexibility index (Phi) is 4.78. The fraction of sp³-hybridized carbons (Fsp3) is 0.278. The Balaban J connectivity index is 1.49. The molecule has 1 N–H and O–H groups in total. The molecule has 0 saturated heterocycles. The van der Waals surface area contributed by atoms with Crippen LogP contribution in [0.5, 0.6) is 0 Å². The van der Waals surface area contributed by atoms with E-state index in [0.717, 1.165) is 18.5 Å². The van der Waals surface area contributed by atoms with Gasteiger partial charge in [-0.1, -0.05) is 18.2 Å². The average Bonchev–Trinajstić information content (AvgIpc) is 2.97. The molecule has 2 aromatic rings. The van der Waals surface area contributed by atoms with E-state index in [-0.39, 0.29) is 11.7 Å². The molecular weight excluding hydrogens is 297 g/mol. The maximum Gasteiger partial charge on any atom is 0.225 e. The third kappa shape index (κ3) is 3.69. The zero-order valence-corrected chi connectivity index (χ0v) is 13.1. The number of hydrogen-bond donors (Lipinski definition) is 1. The molecule has 1 aliphatic rings. The van der Waals surface area contributed by atoms with Crippen molar-refractivity contribution in [3.63, 3.8) is 0 Å². The van der Waals surface area contributed by atoms with Crippen molar-refractivity contribution >= 4 is 23.4 Å². The number of carbonyl (C=O) groups excluding carboxylic acids is 1. The summed E-state index contributed by atoms with van der Waals surface area (Å²) in [6, 6.07) is 12.8. The van der Waals surface area contributed by atoms with Crippen LogP contribution >= 0.6 is 11.8 Å². The first-order valence-corrected chi connectivity index (χ1v) is 8.50. The van der Waals surface area contributed by atoms with E-state index in [1.807, 2.05) is 6.07 Å². The number of nitrogens with one attached hydrogen (secondary N) is 1. The normalized spacial score (nSPS) is 13.0. The summed E-state index contributed by atoms with van der Waals surface area (Å²) >= 11 is 1.37. The lowest BCUT2D eigenvalue weighted by Crippen LogP contribution is -2.12. The van der Waals surface area contributed by atoms with Crippen LogP contribution in [0.4, 0.5) is 10.1 Å². The highest BCUT2D eigenvalue weighted by atomic mass is 32.2. The van der Waals surface area contributed by atoms with Crippen LogP contribution in [0.1, 0.15) is 24.0 Å². The van der Waals surface area contributed by atoms with Crippen LogP contribution in [0.2, 0.25) is 0 Å². The van der Waals surface area contributed by atoms with Crippen LogP contribution in [0, 0.1) is 5.82 Å². The van der Waals surface area contributed by atoms with Crippen LogP contribution in [-0.4, -0.2) is 11.7 Å². The maximum absolute atomic E-state index is 13.5. The lowest BCUT2D eigenvalue weighted by molar-refractivity contribution is -0.115. The Hall–Kier alpha value is -1.81. The van der Waals surface area contributed by atoms with E-state index in [2.05, 4.69) is 17.4 Å². The second kappa shape index (κ2) is 6.97. The molecule has 0 heterocycles. The molecule has 0 aromatic heterocycles. The summed E-state index contributed by atoms with van der Waals surface area (Å²) in [6.45, 7) is 0. The van der Waals surface area contributed by atoms with Crippen molar-refractivity contribution in [2.45, 2.75) is 30.6 Å². The molecule has 3 rings (SSSR count). The van der Waals surface area contributed by atoms with Crippen LogP contribution in [0.3, 0.4) is 0 Å². The fourth-order valence-electron chi connectivity index (χ4n) is 2.69. The molecule has 22 heavy (non-hydrogen) atoms. The molecule has 0 aliphatic heterocycles. The molecule has 4 heteroatoms. The third-order valence-corrected chi connectivity index (χ3v) is 4.86. The van der Waals surface area contributed by atoms with Gasteiger partial charge in [0.1, 0.15) is 5.82 Å². The predicted octanol–water partition coefficient (Wildman–Crippen LogP) is 4.44. The maximum atomic E-state index is 13.5. The zero-order valence-electron chi connectivity index (χ0n) is 12.3. The van der Waals surface area contributed by atoms with Gasteiger partial charge in [0.2, 0.25) is 5.91 Å². The Morgan fingerprint density at radius 2 is 1.95 bits per heavy atom. The molecule has 114 valence electrons. The van der Waals surface area contributed by atoms with Gasteiger partial charge in [0, 0.05) is 22.8 Å². The van der Waals surface area contributed by atoms with Gasteiger partial charge in [-0.3, -0.25) is 4.79 Å². The minimum atomic E-state index is -0.230. The van der Waals surface area contributed by atoms with Crippen molar-refractivity contribution in [1.82, 2.24) is 0 Å². The summed E-state index contributed by atoms with van der Waals surface area (Å²) in [5.74, 6) is 0.311. The highest BCUT2D eigenvalue weighted by Crippen LogP contribution is 2.25. The van der Waals surface area contributed by atoms with Crippen molar-refractivity contribution in [3.05, 3.63) is 59.4 Å². The van der Waals surface area contributed by atoms with Crippen LogP contribution in [-0.2, 0) is 17.6 Å². The van der Waals surface area contributed by atoms with Gasteiger partial charge in [-0.15, -0.1) is 11.8 Å². The van der Waals surface area contributed by atoms with Crippen molar-refractivity contribution in [3.8, 4) is 0 Å². The second-order valence-corrected chi connectivity index (χ2v) is 6.55. The minimum Gasteiger partial charge on any atom is -0.326 e. The monoisotopic (exact) mass is 315 g/mol. The van der Waals surface area contributed by atoms with Gasteiger partial charge < -0.3 is 5.32 Å². The summed E-state index contributed by atoms with van der Waals surface area (Å²) in [4.78, 5) is 12.6. The molecule has 0 radical (unpaired) electrons. The van der Waals surface area contributed by atoms with Gasteiger partial charge in [0.05, 0.1) is 0 Å². The molecule has 1 aliphatic carbocycles. The molecule has 2 nitrogen and oxygen atoms in total. The summed E-state index contributed by atoms with van der Waals surface area (Å²) in [7, 11) is 0. The Morgan fingerprint density at radius 1 is 1.14 bits per heavy atom. The van der Waals surface area contributed by atoms with E-state index in [4.69, 9.17) is 0 Å². The quantitative estimate of drug-likeness (QED) is 0.827. The summed E-state index contributed by atoms with van der Waals surface area (Å²) in [5, 5.41) is 2.93. The summed E-state index contributed by atoms with van der Waals surface area (Å²) < 4.78 is 13.5. The van der Waals surface area contributed by atoms with E-state index in [0.29, 0.717) is 17.1 Å². The number of benzene rings is 2. The molecule has 0 atom stereocenters. The molecule has 0 spiro atoms. The highest BCUT2D eigenvalue weighted by Gasteiger charge is 2.12. The number of anilines is 1. The van der Waals surface area contributed by atoms with Gasteiger partial charge in [0.25, 0.3) is 0 Å². The first-order valence-electron chi connectivity index (χ1n) is 7.51. The summed E-state index contributed by atoms with van der Waals surface area (Å²) in [6.07, 6.45) is 3.81. The predicted molar refractivity (Wildman–Crippen MR) is 88.8 cm³/mol. The Labute approximate surface area is 134 Å². The van der Waals surface area contributed by atoms with Crippen molar-refractivity contribution < 1.29 is 9.18 Å². The van der Waals surface area contributed by atoms with Crippen LogP contribution in [0.15, 0.2) is 47.4 Å². The topological polar surface area (TPSA) is 29.1 Å². The number of halogens is 1. The number of amides is 1. The molecule has 0 fully saturated rings. The SMILES string of the molecule is O=C(CCSc1ccccc1F)Nc1ccc2c(c1)CCC2. The van der Waals surface area contributed by atoms with Gasteiger partial charge in [0.15, 0.2) is 0 Å². The number of fused-ring (bicyclic) bond motifs is 1. The van der Waals surface area contributed by atoms with Crippen molar-refractivity contribution in [2.75, 3.05) is 11.1 Å². The average molecular weight is 315 g/mol. The Bertz CT molecular complexity index is 687. The second-order valence-electron chi connectivity index (χ2n) is 5.41. The largest absolute Gasteiger partial charge is 0.326 e. The summed E-state index contributed by atoms with van der Waals surface area (Å²) in [5.41, 5.74) is 3.60. The molecule has 0 saturated carbocycles. The van der Waals surface area contributed by atoms with Crippen LogP contribution in [0.25, 0.3) is 0 Å². The number of aryl methyl sites for hydroxylation is 2.